The van der Waals surface area contributed by atoms with Crippen molar-refractivity contribution in [2.75, 3.05) is 13.2 Å². The Morgan fingerprint density at radius 2 is 2.18 bits per heavy atom. The molecule has 118 valence electrons. The van der Waals surface area contributed by atoms with E-state index in [-0.39, 0.29) is 12.6 Å². The largest absolute Gasteiger partial charge is 0.490 e. The van der Waals surface area contributed by atoms with Gasteiger partial charge in [-0.1, -0.05) is 5.92 Å². The second-order valence-corrected chi connectivity index (χ2v) is 5.04. The van der Waals surface area contributed by atoms with Crippen molar-refractivity contribution in [1.29, 1.82) is 0 Å². The van der Waals surface area contributed by atoms with Crippen LogP contribution in [0.15, 0.2) is 23.3 Å². The first-order valence-electron chi connectivity index (χ1n) is 6.99. The Labute approximate surface area is 137 Å². The van der Waals surface area contributed by atoms with E-state index in [1.54, 1.807) is 12.3 Å². The molecule has 0 aliphatic rings. The predicted octanol–water partition coefficient (Wildman–Crippen LogP) is 2.30. The van der Waals surface area contributed by atoms with Gasteiger partial charge in [-0.2, -0.15) is 5.10 Å². The van der Waals surface area contributed by atoms with Crippen LogP contribution in [0.3, 0.4) is 0 Å². The first-order valence-corrected chi connectivity index (χ1v) is 7.40. The zero-order valence-corrected chi connectivity index (χ0v) is 13.9. The highest BCUT2D eigenvalue weighted by Gasteiger charge is 2.05. The summed E-state index contributed by atoms with van der Waals surface area (Å²) in [5, 5.41) is 7.59. The molecule has 1 aromatic rings. The number of hydrogen-bond acceptors (Lipinski definition) is 4. The van der Waals surface area contributed by atoms with E-state index in [0.717, 1.165) is 5.56 Å². The van der Waals surface area contributed by atoms with Crippen molar-refractivity contribution in [3.8, 4) is 23.8 Å². The van der Waals surface area contributed by atoms with Crippen LogP contribution in [0.5, 0.6) is 11.5 Å². The molecule has 0 fully saturated rings. The molecule has 0 heterocycles. The predicted molar refractivity (Wildman–Crippen MR) is 93.5 cm³/mol. The van der Waals surface area contributed by atoms with E-state index in [2.05, 4.69) is 21.8 Å². The molecule has 6 heteroatoms. The minimum atomic E-state index is 0.199. The second kappa shape index (κ2) is 9.64. The van der Waals surface area contributed by atoms with Crippen molar-refractivity contribution >= 4 is 23.5 Å². The van der Waals surface area contributed by atoms with E-state index in [9.17, 15) is 0 Å². The van der Waals surface area contributed by atoms with Crippen LogP contribution in [-0.2, 0) is 0 Å². The van der Waals surface area contributed by atoms with Gasteiger partial charge < -0.3 is 14.8 Å². The topological polar surface area (TPSA) is 54.9 Å². The third-order valence-electron chi connectivity index (χ3n) is 2.38. The summed E-state index contributed by atoms with van der Waals surface area (Å²) >= 11 is 5.08. The van der Waals surface area contributed by atoms with Crippen LogP contribution < -0.4 is 20.2 Å². The highest BCUT2D eigenvalue weighted by atomic mass is 32.1. The van der Waals surface area contributed by atoms with E-state index in [1.165, 1.54) is 0 Å². The molecule has 0 atom stereocenters. The summed E-state index contributed by atoms with van der Waals surface area (Å²) in [6.45, 7) is 6.64. The molecule has 0 bridgehead atoms. The molecule has 5 nitrogen and oxygen atoms in total. The lowest BCUT2D eigenvalue weighted by molar-refractivity contribution is 0.299. The summed E-state index contributed by atoms with van der Waals surface area (Å²) in [5.74, 6) is 3.67. The molecular weight excluding hydrogens is 298 g/mol. The van der Waals surface area contributed by atoms with Crippen LogP contribution in [0, 0.1) is 12.3 Å². The van der Waals surface area contributed by atoms with Gasteiger partial charge in [-0.05, 0) is 56.8 Å². The van der Waals surface area contributed by atoms with Gasteiger partial charge in [0.2, 0.25) is 0 Å². The smallest absolute Gasteiger partial charge is 0.187 e. The second-order valence-electron chi connectivity index (χ2n) is 4.63. The Morgan fingerprint density at radius 1 is 1.41 bits per heavy atom. The first-order chi connectivity index (χ1) is 10.6. The lowest BCUT2D eigenvalue weighted by Gasteiger charge is -2.11. The first kappa shape index (κ1) is 17.8. The molecule has 0 aliphatic heterocycles. The quantitative estimate of drug-likeness (QED) is 0.350. The van der Waals surface area contributed by atoms with Crippen LogP contribution >= 0.6 is 12.2 Å². The maximum Gasteiger partial charge on any atom is 0.187 e. The van der Waals surface area contributed by atoms with Gasteiger partial charge in [0.05, 0.1) is 12.8 Å². The number of terminal acetylenes is 1. The summed E-state index contributed by atoms with van der Waals surface area (Å²) < 4.78 is 11.0. The average molecular weight is 319 g/mol. The average Bonchev–Trinajstić information content (AvgIpc) is 2.46. The van der Waals surface area contributed by atoms with Crippen LogP contribution in [0.25, 0.3) is 0 Å². The van der Waals surface area contributed by atoms with Crippen molar-refractivity contribution in [2.24, 2.45) is 5.10 Å². The molecule has 0 saturated heterocycles. The fourth-order valence-electron chi connectivity index (χ4n) is 1.57. The van der Waals surface area contributed by atoms with Crippen molar-refractivity contribution in [1.82, 2.24) is 10.7 Å². The molecule has 0 aliphatic carbocycles. The molecule has 0 spiro atoms. The third-order valence-corrected chi connectivity index (χ3v) is 2.59. The summed E-state index contributed by atoms with van der Waals surface area (Å²) in [5.41, 5.74) is 3.61. The minimum Gasteiger partial charge on any atom is -0.490 e. The van der Waals surface area contributed by atoms with Gasteiger partial charge >= 0.3 is 0 Å². The van der Waals surface area contributed by atoms with Gasteiger partial charge in [-0.3, -0.25) is 5.43 Å². The van der Waals surface area contributed by atoms with Crippen LogP contribution in [0.2, 0.25) is 0 Å². The molecule has 0 radical (unpaired) electrons. The highest BCUT2D eigenvalue weighted by Crippen LogP contribution is 2.27. The van der Waals surface area contributed by atoms with Gasteiger partial charge in [0.15, 0.2) is 16.6 Å². The van der Waals surface area contributed by atoms with Gasteiger partial charge in [0.1, 0.15) is 6.61 Å². The number of rotatable bonds is 7. The highest BCUT2D eigenvalue weighted by molar-refractivity contribution is 7.80. The third kappa shape index (κ3) is 6.46. The molecule has 0 saturated carbocycles. The SMILES string of the molecule is C#CCOc1ccc(/C=N\NC(=S)NC(C)C)cc1OCC. The van der Waals surface area contributed by atoms with Gasteiger partial charge in [-0.15, -0.1) is 6.42 Å². The molecular formula is C16H21N3O2S. The standard InChI is InChI=1S/C16H21N3O2S/c1-5-9-21-14-8-7-13(10-15(14)20-6-2)11-17-19-16(22)18-12(3)4/h1,7-8,10-12H,6,9H2,2-4H3,(H2,18,19,22)/b17-11-. The summed E-state index contributed by atoms with van der Waals surface area (Å²) in [7, 11) is 0. The van der Waals surface area contributed by atoms with E-state index < -0.39 is 0 Å². The Morgan fingerprint density at radius 3 is 2.82 bits per heavy atom. The van der Waals surface area contributed by atoms with E-state index in [1.807, 2.05) is 32.9 Å². The molecule has 22 heavy (non-hydrogen) atoms. The Hall–Kier alpha value is -2.26. The monoisotopic (exact) mass is 319 g/mol. The number of hydrogen-bond donors (Lipinski definition) is 2. The molecule has 0 aromatic heterocycles. The molecule has 1 rings (SSSR count). The molecule has 2 N–H and O–H groups in total. The van der Waals surface area contributed by atoms with E-state index >= 15 is 0 Å². The number of ether oxygens (including phenoxy) is 2. The van der Waals surface area contributed by atoms with Gasteiger partial charge in [0.25, 0.3) is 0 Å². The van der Waals surface area contributed by atoms with Crippen molar-refractivity contribution in [2.45, 2.75) is 26.8 Å². The maximum atomic E-state index is 5.54. The molecule has 1 aromatic carbocycles. The van der Waals surface area contributed by atoms with Crippen LogP contribution in [0.1, 0.15) is 26.3 Å². The Balaban J connectivity index is 2.73. The van der Waals surface area contributed by atoms with Crippen molar-refractivity contribution in [3.63, 3.8) is 0 Å². The fourth-order valence-corrected chi connectivity index (χ4v) is 1.86. The minimum absolute atomic E-state index is 0.199. The van der Waals surface area contributed by atoms with Gasteiger partial charge in [0, 0.05) is 6.04 Å². The Bertz CT molecular complexity index is 565. The van der Waals surface area contributed by atoms with E-state index in [4.69, 9.17) is 28.1 Å². The normalized spacial score (nSPS) is 10.3. The fraction of sp³-hybridized carbons (Fsp3) is 0.375. The van der Waals surface area contributed by atoms with Crippen molar-refractivity contribution < 1.29 is 9.47 Å². The lowest BCUT2D eigenvalue weighted by Crippen LogP contribution is -2.36. The number of hydrazone groups is 1. The molecule has 0 unspecified atom stereocenters. The molecule has 0 amide bonds. The number of nitrogens with one attached hydrogen (secondary N) is 2. The maximum absolute atomic E-state index is 5.54. The van der Waals surface area contributed by atoms with Gasteiger partial charge in [-0.25, -0.2) is 0 Å². The summed E-state index contributed by atoms with van der Waals surface area (Å²) in [6.07, 6.45) is 6.85. The zero-order valence-electron chi connectivity index (χ0n) is 13.1. The number of thiocarbonyl (C=S) groups is 1. The van der Waals surface area contributed by atoms with Crippen LogP contribution in [-0.4, -0.2) is 30.6 Å². The Kier molecular flexibility index (Phi) is 7.79. The number of nitrogens with zero attached hydrogens (tertiary/aromatic N) is 1. The van der Waals surface area contributed by atoms with E-state index in [0.29, 0.717) is 23.2 Å². The van der Waals surface area contributed by atoms with Crippen molar-refractivity contribution in [3.05, 3.63) is 23.8 Å². The summed E-state index contributed by atoms with van der Waals surface area (Å²) in [6, 6.07) is 5.75. The lowest BCUT2D eigenvalue weighted by atomic mass is 10.2. The van der Waals surface area contributed by atoms with Crippen LogP contribution in [0.4, 0.5) is 0 Å². The summed E-state index contributed by atoms with van der Waals surface area (Å²) in [4.78, 5) is 0. The number of benzene rings is 1. The zero-order chi connectivity index (χ0) is 16.4.